The van der Waals surface area contributed by atoms with Crippen molar-refractivity contribution in [1.29, 1.82) is 0 Å². The highest BCUT2D eigenvalue weighted by Crippen LogP contribution is 2.20. The Labute approximate surface area is 144 Å². The summed E-state index contributed by atoms with van der Waals surface area (Å²) in [5.74, 6) is 0.466. The highest BCUT2D eigenvalue weighted by Gasteiger charge is 2.10. The van der Waals surface area contributed by atoms with Gasteiger partial charge >= 0.3 is 0 Å². The summed E-state index contributed by atoms with van der Waals surface area (Å²) < 4.78 is 6.04. The molecular formula is C18H18BrNO3. The molecule has 23 heavy (non-hydrogen) atoms. The van der Waals surface area contributed by atoms with Crippen molar-refractivity contribution in [2.24, 2.45) is 0 Å². The number of methoxy groups -OCH3 is 1. The van der Waals surface area contributed by atoms with Crippen LogP contribution in [0, 0.1) is 6.92 Å². The Hall–Kier alpha value is -2.14. The fraction of sp³-hybridized carbons (Fsp3) is 0.222. The van der Waals surface area contributed by atoms with Gasteiger partial charge in [-0.1, -0.05) is 15.9 Å². The zero-order chi connectivity index (χ0) is 16.8. The Morgan fingerprint density at radius 3 is 2.39 bits per heavy atom. The average molecular weight is 376 g/mol. The molecule has 0 bridgehead atoms. The maximum absolute atomic E-state index is 12.1. The van der Waals surface area contributed by atoms with Crippen molar-refractivity contribution in [2.45, 2.75) is 19.8 Å². The number of carbonyl (C=O) groups is 2. The van der Waals surface area contributed by atoms with E-state index in [-0.39, 0.29) is 24.5 Å². The first-order chi connectivity index (χ1) is 11.0. The highest BCUT2D eigenvalue weighted by atomic mass is 79.9. The van der Waals surface area contributed by atoms with Crippen molar-refractivity contribution in [3.05, 3.63) is 58.1 Å². The molecule has 0 heterocycles. The van der Waals surface area contributed by atoms with E-state index in [1.54, 1.807) is 31.4 Å². The molecule has 1 amide bonds. The van der Waals surface area contributed by atoms with Gasteiger partial charge in [0.25, 0.3) is 0 Å². The molecule has 0 radical (unpaired) electrons. The van der Waals surface area contributed by atoms with E-state index >= 15 is 0 Å². The summed E-state index contributed by atoms with van der Waals surface area (Å²) in [4.78, 5) is 24.0. The van der Waals surface area contributed by atoms with Crippen molar-refractivity contribution >= 4 is 33.3 Å². The lowest BCUT2D eigenvalue weighted by Crippen LogP contribution is -2.13. The van der Waals surface area contributed by atoms with Crippen LogP contribution in [-0.4, -0.2) is 18.8 Å². The summed E-state index contributed by atoms with van der Waals surface area (Å²) in [6.45, 7) is 1.95. The van der Waals surface area contributed by atoms with Crippen molar-refractivity contribution < 1.29 is 14.3 Å². The summed E-state index contributed by atoms with van der Waals surface area (Å²) >= 11 is 3.42. The van der Waals surface area contributed by atoms with Crippen molar-refractivity contribution in [1.82, 2.24) is 0 Å². The van der Waals surface area contributed by atoms with E-state index in [1.807, 2.05) is 25.1 Å². The van der Waals surface area contributed by atoms with Gasteiger partial charge in [0.2, 0.25) is 5.91 Å². The molecule has 0 aromatic heterocycles. The van der Waals surface area contributed by atoms with E-state index in [1.165, 1.54) is 0 Å². The zero-order valence-corrected chi connectivity index (χ0v) is 14.6. The molecule has 2 aromatic carbocycles. The maximum atomic E-state index is 12.1. The summed E-state index contributed by atoms with van der Waals surface area (Å²) in [6.07, 6.45) is 0.327. The molecule has 0 aliphatic carbocycles. The van der Waals surface area contributed by atoms with Gasteiger partial charge in [0.15, 0.2) is 5.78 Å². The molecule has 0 saturated carbocycles. The number of hydrogen-bond donors (Lipinski definition) is 1. The van der Waals surface area contributed by atoms with Crippen LogP contribution >= 0.6 is 15.9 Å². The van der Waals surface area contributed by atoms with Gasteiger partial charge in [0, 0.05) is 28.6 Å². The minimum Gasteiger partial charge on any atom is -0.497 e. The van der Waals surface area contributed by atoms with Gasteiger partial charge in [0.05, 0.1) is 7.11 Å². The van der Waals surface area contributed by atoms with E-state index < -0.39 is 0 Å². The van der Waals surface area contributed by atoms with Gasteiger partial charge < -0.3 is 10.1 Å². The average Bonchev–Trinajstić information content (AvgIpc) is 2.56. The quantitative estimate of drug-likeness (QED) is 0.762. The normalized spacial score (nSPS) is 10.2. The molecule has 0 aliphatic heterocycles. The largest absolute Gasteiger partial charge is 0.497 e. The lowest BCUT2D eigenvalue weighted by atomic mass is 10.1. The predicted octanol–water partition coefficient (Wildman–Crippen LogP) is 4.37. The number of ketones is 1. The van der Waals surface area contributed by atoms with Crippen LogP contribution < -0.4 is 10.1 Å². The molecule has 2 aromatic rings. The SMILES string of the molecule is COc1ccc(C(=O)CCC(=O)Nc2ccc(Br)c(C)c2)cc1. The fourth-order valence-corrected chi connectivity index (χ4v) is 2.34. The number of Topliss-reactive ketones (excluding diaryl/α,β-unsaturated/α-hetero) is 1. The molecule has 0 spiro atoms. The monoisotopic (exact) mass is 375 g/mol. The van der Waals surface area contributed by atoms with Gasteiger partial charge in [-0.2, -0.15) is 0 Å². The Bertz CT molecular complexity index is 711. The molecule has 4 nitrogen and oxygen atoms in total. The van der Waals surface area contributed by atoms with Crippen molar-refractivity contribution in [3.63, 3.8) is 0 Å². The second-order valence-electron chi connectivity index (χ2n) is 5.16. The highest BCUT2D eigenvalue weighted by molar-refractivity contribution is 9.10. The predicted molar refractivity (Wildman–Crippen MR) is 94.1 cm³/mol. The molecule has 120 valence electrons. The first-order valence-electron chi connectivity index (χ1n) is 7.23. The fourth-order valence-electron chi connectivity index (χ4n) is 2.09. The molecule has 0 saturated heterocycles. The minimum atomic E-state index is -0.173. The number of carbonyl (C=O) groups excluding carboxylic acids is 2. The molecule has 1 N–H and O–H groups in total. The van der Waals surface area contributed by atoms with E-state index in [9.17, 15) is 9.59 Å². The van der Waals surface area contributed by atoms with E-state index in [0.717, 1.165) is 15.7 Å². The molecule has 5 heteroatoms. The second kappa shape index (κ2) is 7.92. The van der Waals surface area contributed by atoms with Gasteiger partial charge in [-0.15, -0.1) is 0 Å². The van der Waals surface area contributed by atoms with Crippen LogP contribution in [0.15, 0.2) is 46.9 Å². The number of amides is 1. The number of rotatable bonds is 6. The molecule has 0 aliphatic rings. The number of hydrogen-bond acceptors (Lipinski definition) is 3. The summed E-state index contributed by atoms with van der Waals surface area (Å²) in [6, 6.07) is 12.5. The zero-order valence-electron chi connectivity index (χ0n) is 13.1. The first-order valence-corrected chi connectivity index (χ1v) is 8.02. The number of halogens is 1. The van der Waals surface area contributed by atoms with Crippen LogP contribution in [0.1, 0.15) is 28.8 Å². The van der Waals surface area contributed by atoms with Crippen LogP contribution in [-0.2, 0) is 4.79 Å². The van der Waals surface area contributed by atoms with Gasteiger partial charge in [-0.25, -0.2) is 0 Å². The summed E-state index contributed by atoms with van der Waals surface area (Å²) in [5, 5.41) is 2.80. The lowest BCUT2D eigenvalue weighted by Gasteiger charge is -2.07. The van der Waals surface area contributed by atoms with Gasteiger partial charge in [-0.05, 0) is 55.0 Å². The van der Waals surface area contributed by atoms with Crippen LogP contribution in [0.2, 0.25) is 0 Å². The van der Waals surface area contributed by atoms with Crippen LogP contribution in [0.25, 0.3) is 0 Å². The first kappa shape index (κ1) is 17.2. The Morgan fingerprint density at radius 2 is 1.78 bits per heavy atom. The lowest BCUT2D eigenvalue weighted by molar-refractivity contribution is -0.116. The van der Waals surface area contributed by atoms with Crippen LogP contribution in [0.3, 0.4) is 0 Å². The summed E-state index contributed by atoms with van der Waals surface area (Å²) in [7, 11) is 1.57. The third kappa shape index (κ3) is 4.93. The van der Waals surface area contributed by atoms with Gasteiger partial charge in [0.1, 0.15) is 5.75 Å². The number of anilines is 1. The maximum Gasteiger partial charge on any atom is 0.224 e. The summed E-state index contributed by atoms with van der Waals surface area (Å²) in [5.41, 5.74) is 2.35. The number of nitrogens with one attached hydrogen (secondary N) is 1. The van der Waals surface area contributed by atoms with Crippen molar-refractivity contribution in [2.75, 3.05) is 12.4 Å². The van der Waals surface area contributed by atoms with E-state index in [0.29, 0.717) is 11.3 Å². The third-order valence-corrected chi connectivity index (χ3v) is 4.32. The topological polar surface area (TPSA) is 55.4 Å². The molecule has 0 unspecified atom stereocenters. The Morgan fingerprint density at radius 1 is 1.09 bits per heavy atom. The van der Waals surface area contributed by atoms with E-state index in [2.05, 4.69) is 21.2 Å². The van der Waals surface area contributed by atoms with Crippen LogP contribution in [0.5, 0.6) is 5.75 Å². The number of aryl methyl sites for hydroxylation is 1. The van der Waals surface area contributed by atoms with E-state index in [4.69, 9.17) is 4.74 Å². The molecule has 0 atom stereocenters. The number of ether oxygens (including phenoxy) is 1. The Kier molecular flexibility index (Phi) is 5.93. The molecule has 0 fully saturated rings. The minimum absolute atomic E-state index is 0.0604. The van der Waals surface area contributed by atoms with Crippen LogP contribution in [0.4, 0.5) is 5.69 Å². The van der Waals surface area contributed by atoms with Gasteiger partial charge in [-0.3, -0.25) is 9.59 Å². The Balaban J connectivity index is 1.87. The third-order valence-electron chi connectivity index (χ3n) is 3.43. The molecule has 2 rings (SSSR count). The smallest absolute Gasteiger partial charge is 0.224 e. The second-order valence-corrected chi connectivity index (χ2v) is 6.02. The molecular weight excluding hydrogens is 358 g/mol. The van der Waals surface area contributed by atoms with Crippen molar-refractivity contribution in [3.8, 4) is 5.75 Å². The number of benzene rings is 2. The standard InChI is InChI=1S/C18H18BrNO3/c1-12-11-14(5-8-16(12)19)20-18(22)10-9-17(21)13-3-6-15(23-2)7-4-13/h3-8,11H,9-10H2,1-2H3,(H,20,22).